The third-order valence-electron chi connectivity index (χ3n) is 4.42. The van der Waals surface area contributed by atoms with Crippen LogP contribution in [0.15, 0.2) is 28.0 Å². The Bertz CT molecular complexity index is 706. The molecule has 0 radical (unpaired) electrons. The highest BCUT2D eigenvalue weighted by Gasteiger charge is 2.44. The number of hydrogen-bond acceptors (Lipinski definition) is 7. The highest BCUT2D eigenvalue weighted by Crippen LogP contribution is 2.41. The van der Waals surface area contributed by atoms with Gasteiger partial charge in [0.1, 0.15) is 16.8 Å². The summed E-state index contributed by atoms with van der Waals surface area (Å²) in [6, 6.07) is 3.75. The van der Waals surface area contributed by atoms with E-state index in [0.717, 1.165) is 31.9 Å². The van der Waals surface area contributed by atoms with Crippen LogP contribution < -0.4 is 0 Å². The fourth-order valence-corrected chi connectivity index (χ4v) is 4.46. The number of hydrogen-bond donors (Lipinski definition) is 0. The quantitative estimate of drug-likeness (QED) is 0.838. The van der Waals surface area contributed by atoms with Crippen LogP contribution in [0.4, 0.5) is 0 Å². The summed E-state index contributed by atoms with van der Waals surface area (Å²) in [4.78, 5) is 21.8. The molecule has 2 atom stereocenters. The molecule has 23 heavy (non-hydrogen) atoms. The van der Waals surface area contributed by atoms with Gasteiger partial charge in [-0.05, 0) is 26.1 Å². The van der Waals surface area contributed by atoms with Gasteiger partial charge >= 0.3 is 0 Å². The number of aryl methyl sites for hydroxylation is 1. The normalized spacial score (nSPS) is 24.1. The molecule has 0 spiro atoms. The van der Waals surface area contributed by atoms with E-state index in [9.17, 15) is 4.79 Å². The number of carbonyl (C=O) groups is 1. The van der Waals surface area contributed by atoms with Gasteiger partial charge < -0.3 is 9.32 Å². The smallest absolute Gasteiger partial charge is 0.265 e. The van der Waals surface area contributed by atoms with Gasteiger partial charge in [-0.1, -0.05) is 11.8 Å². The Balaban J connectivity index is 1.64. The van der Waals surface area contributed by atoms with E-state index in [1.54, 1.807) is 13.2 Å². The average molecular weight is 333 g/mol. The lowest BCUT2D eigenvalue weighted by atomic mass is 10.1. The van der Waals surface area contributed by atoms with Crippen molar-refractivity contribution in [3.8, 4) is 0 Å². The van der Waals surface area contributed by atoms with Gasteiger partial charge in [-0.15, -0.1) is 5.10 Å². The number of fused-ring (bicyclic) bond motifs is 1. The fourth-order valence-electron chi connectivity index (χ4n) is 3.18. The second kappa shape index (κ2) is 5.77. The molecule has 122 valence electrons. The molecule has 4 heterocycles. The van der Waals surface area contributed by atoms with Crippen molar-refractivity contribution in [2.24, 2.45) is 0 Å². The number of aromatic nitrogens is 3. The maximum absolute atomic E-state index is 12.8. The van der Waals surface area contributed by atoms with Gasteiger partial charge in [0.25, 0.3) is 5.91 Å². The number of piperazine rings is 1. The van der Waals surface area contributed by atoms with E-state index in [2.05, 4.69) is 26.9 Å². The number of furan rings is 1. The van der Waals surface area contributed by atoms with E-state index in [-0.39, 0.29) is 17.2 Å². The second-order valence-corrected chi connectivity index (χ2v) is 7.14. The number of likely N-dealkylation sites (N-methyl/N-ethyl adjacent to an activating group) is 1. The SMILES string of the molecule is Cc1nc2n(n1)C(=O)C(C(c1ccco1)N1CCN(C)CC1)S2. The number of carbonyl (C=O) groups excluding carboxylic acids is 1. The van der Waals surface area contributed by atoms with Gasteiger partial charge in [-0.3, -0.25) is 9.69 Å². The first kappa shape index (κ1) is 14.9. The van der Waals surface area contributed by atoms with Crippen LogP contribution in [-0.2, 0) is 0 Å². The van der Waals surface area contributed by atoms with E-state index in [1.165, 1.54) is 16.4 Å². The average Bonchev–Trinajstić information content (AvgIpc) is 3.22. The van der Waals surface area contributed by atoms with E-state index in [1.807, 2.05) is 12.1 Å². The molecule has 2 aliphatic heterocycles. The molecule has 2 aliphatic rings. The lowest BCUT2D eigenvalue weighted by Gasteiger charge is -2.38. The Hall–Kier alpha value is -1.64. The number of thioether (sulfide) groups is 1. The molecule has 2 aromatic heterocycles. The molecule has 0 aromatic carbocycles. The molecule has 0 bridgehead atoms. The van der Waals surface area contributed by atoms with Crippen molar-refractivity contribution in [2.45, 2.75) is 23.4 Å². The highest BCUT2D eigenvalue weighted by atomic mass is 32.2. The maximum Gasteiger partial charge on any atom is 0.265 e. The summed E-state index contributed by atoms with van der Waals surface area (Å²) < 4.78 is 7.11. The Labute approximate surface area is 138 Å². The van der Waals surface area contributed by atoms with Crippen molar-refractivity contribution in [3.63, 3.8) is 0 Å². The summed E-state index contributed by atoms with van der Waals surface area (Å²) in [6.07, 6.45) is 1.67. The van der Waals surface area contributed by atoms with Gasteiger partial charge in [0.05, 0.1) is 12.3 Å². The standard InChI is InChI=1S/C15H19N5O2S/c1-10-16-15-20(17-10)14(21)13(23-15)12(11-4-3-9-22-11)19-7-5-18(2)6-8-19/h3-4,9,12-13H,5-8H2,1-2H3. The van der Waals surface area contributed by atoms with Crippen molar-refractivity contribution in [3.05, 3.63) is 30.0 Å². The first-order valence-electron chi connectivity index (χ1n) is 7.74. The minimum Gasteiger partial charge on any atom is -0.468 e. The molecule has 0 aliphatic carbocycles. The Kier molecular flexibility index (Phi) is 3.74. The largest absolute Gasteiger partial charge is 0.468 e. The highest BCUT2D eigenvalue weighted by molar-refractivity contribution is 8.00. The zero-order valence-electron chi connectivity index (χ0n) is 13.2. The molecular weight excluding hydrogens is 314 g/mol. The van der Waals surface area contributed by atoms with Gasteiger partial charge in [-0.25, -0.2) is 4.98 Å². The summed E-state index contributed by atoms with van der Waals surface area (Å²) in [5, 5.41) is 4.64. The van der Waals surface area contributed by atoms with Crippen LogP contribution in [0.5, 0.6) is 0 Å². The van der Waals surface area contributed by atoms with Crippen LogP contribution in [0.25, 0.3) is 0 Å². The molecule has 8 heteroatoms. The first-order valence-corrected chi connectivity index (χ1v) is 8.62. The predicted molar refractivity (Wildman–Crippen MR) is 85.5 cm³/mol. The minimum atomic E-state index is -0.264. The zero-order valence-corrected chi connectivity index (χ0v) is 14.0. The topological polar surface area (TPSA) is 67.4 Å². The summed E-state index contributed by atoms with van der Waals surface area (Å²) in [7, 11) is 2.12. The van der Waals surface area contributed by atoms with Crippen LogP contribution in [-0.4, -0.2) is 68.9 Å². The van der Waals surface area contributed by atoms with Crippen molar-refractivity contribution in [1.29, 1.82) is 0 Å². The van der Waals surface area contributed by atoms with Crippen LogP contribution in [0.2, 0.25) is 0 Å². The molecule has 0 N–H and O–H groups in total. The van der Waals surface area contributed by atoms with Crippen molar-refractivity contribution in [1.82, 2.24) is 24.6 Å². The van der Waals surface area contributed by atoms with Crippen LogP contribution in [0.3, 0.4) is 0 Å². The second-order valence-electron chi connectivity index (χ2n) is 6.03. The monoisotopic (exact) mass is 333 g/mol. The molecule has 4 rings (SSSR count). The van der Waals surface area contributed by atoms with Crippen LogP contribution in [0, 0.1) is 6.92 Å². The van der Waals surface area contributed by atoms with E-state index in [0.29, 0.717) is 11.0 Å². The Morgan fingerprint density at radius 3 is 2.78 bits per heavy atom. The van der Waals surface area contributed by atoms with Crippen molar-refractivity contribution in [2.75, 3.05) is 33.2 Å². The third-order valence-corrected chi connectivity index (χ3v) is 5.61. The van der Waals surface area contributed by atoms with Gasteiger partial charge in [-0.2, -0.15) is 4.68 Å². The van der Waals surface area contributed by atoms with Crippen molar-refractivity contribution >= 4 is 17.7 Å². The van der Waals surface area contributed by atoms with Crippen LogP contribution in [0.1, 0.15) is 22.4 Å². The van der Waals surface area contributed by atoms with Crippen molar-refractivity contribution < 1.29 is 9.21 Å². The third kappa shape index (κ3) is 2.60. The number of nitrogens with zero attached hydrogens (tertiary/aromatic N) is 5. The molecule has 7 nitrogen and oxygen atoms in total. The lowest BCUT2D eigenvalue weighted by Crippen LogP contribution is -2.49. The number of rotatable bonds is 3. The summed E-state index contributed by atoms with van der Waals surface area (Å²) in [5.41, 5.74) is 0. The zero-order chi connectivity index (χ0) is 16.0. The van der Waals surface area contributed by atoms with E-state index >= 15 is 0 Å². The van der Waals surface area contributed by atoms with Gasteiger partial charge in [0.2, 0.25) is 0 Å². The fraction of sp³-hybridized carbons (Fsp3) is 0.533. The molecule has 2 aromatic rings. The minimum absolute atomic E-state index is 0.00840. The Morgan fingerprint density at radius 2 is 2.13 bits per heavy atom. The maximum atomic E-state index is 12.8. The van der Waals surface area contributed by atoms with Crippen LogP contribution >= 0.6 is 11.8 Å². The van der Waals surface area contributed by atoms with E-state index < -0.39 is 0 Å². The summed E-state index contributed by atoms with van der Waals surface area (Å²) >= 11 is 1.49. The molecular formula is C15H19N5O2S. The molecule has 0 amide bonds. The lowest BCUT2D eigenvalue weighted by molar-refractivity contribution is 0.0728. The molecule has 1 fully saturated rings. The Morgan fingerprint density at radius 1 is 1.35 bits per heavy atom. The molecule has 1 saturated heterocycles. The van der Waals surface area contributed by atoms with Gasteiger partial charge in [0, 0.05) is 26.2 Å². The van der Waals surface area contributed by atoms with Gasteiger partial charge in [0.15, 0.2) is 5.16 Å². The summed E-state index contributed by atoms with van der Waals surface area (Å²) in [5.74, 6) is 1.46. The van der Waals surface area contributed by atoms with E-state index in [4.69, 9.17) is 4.42 Å². The molecule has 0 saturated carbocycles. The predicted octanol–water partition coefficient (Wildman–Crippen LogP) is 1.28. The summed E-state index contributed by atoms with van der Waals surface area (Å²) in [6.45, 7) is 5.62. The molecule has 2 unspecified atom stereocenters. The first-order chi connectivity index (χ1) is 11.1.